The minimum atomic E-state index is -3.62. The average molecular weight is 596 g/mol. The minimum Gasteiger partial charge on any atom is -0.490 e. The summed E-state index contributed by atoms with van der Waals surface area (Å²) in [5.74, 6) is 0.230. The number of hydrogen-bond acceptors (Lipinski definition) is 8. The highest BCUT2D eigenvalue weighted by Gasteiger charge is 2.37. The van der Waals surface area contributed by atoms with Gasteiger partial charge in [0.15, 0.2) is 5.82 Å². The predicted octanol–water partition coefficient (Wildman–Crippen LogP) is 3.48. The smallest absolute Gasteiger partial charge is 0.329 e. The largest absolute Gasteiger partial charge is 0.490 e. The summed E-state index contributed by atoms with van der Waals surface area (Å²) in [5, 5.41) is 0.107. The van der Waals surface area contributed by atoms with Crippen LogP contribution in [0.5, 0.6) is 5.75 Å². The van der Waals surface area contributed by atoms with Crippen LogP contribution in [0, 0.1) is 5.82 Å². The van der Waals surface area contributed by atoms with Crippen LogP contribution in [0.3, 0.4) is 0 Å². The van der Waals surface area contributed by atoms with Gasteiger partial charge in [-0.25, -0.2) is 22.6 Å². The molecule has 3 aliphatic rings. The lowest BCUT2D eigenvalue weighted by molar-refractivity contribution is 0.249. The minimum absolute atomic E-state index is 0.146. The third-order valence-electron chi connectivity index (χ3n) is 8.89. The molecule has 1 saturated carbocycles. The van der Waals surface area contributed by atoms with Crippen molar-refractivity contribution in [3.8, 4) is 16.9 Å². The van der Waals surface area contributed by atoms with Crippen molar-refractivity contribution in [1.29, 1.82) is 0 Å². The number of piperidine rings is 1. The zero-order chi connectivity index (χ0) is 29.5. The van der Waals surface area contributed by atoms with Crippen LogP contribution in [0.2, 0.25) is 0 Å². The number of nitrogens with one attached hydrogen (secondary N) is 1. The van der Waals surface area contributed by atoms with Crippen LogP contribution >= 0.6 is 0 Å². The first kappa shape index (κ1) is 27.1. The molecule has 1 atom stereocenters. The monoisotopic (exact) mass is 595 g/mol. The lowest BCUT2D eigenvalue weighted by Crippen LogP contribution is -2.42. The van der Waals surface area contributed by atoms with Crippen molar-refractivity contribution in [2.75, 3.05) is 43.4 Å². The molecule has 7 rings (SSSR count). The Morgan fingerprint density at radius 1 is 1.10 bits per heavy atom. The van der Waals surface area contributed by atoms with E-state index in [1.807, 2.05) is 6.92 Å². The molecule has 1 N–H and O–H groups in total. The Hall–Kier alpha value is -3.71. The van der Waals surface area contributed by atoms with E-state index in [2.05, 4.69) is 33.6 Å². The van der Waals surface area contributed by atoms with Gasteiger partial charge in [-0.1, -0.05) is 0 Å². The second-order valence-corrected chi connectivity index (χ2v) is 13.9. The molecule has 1 aromatic carbocycles. The number of imidazole rings is 1. The van der Waals surface area contributed by atoms with Crippen LogP contribution < -0.4 is 20.0 Å². The van der Waals surface area contributed by atoms with E-state index in [9.17, 15) is 13.2 Å². The molecule has 1 aliphatic carbocycles. The second kappa shape index (κ2) is 9.66. The highest BCUT2D eigenvalue weighted by molar-refractivity contribution is 7.93. The molecule has 0 radical (unpaired) electrons. The Kier molecular flexibility index (Phi) is 6.24. The van der Waals surface area contributed by atoms with Crippen molar-refractivity contribution in [3.05, 3.63) is 40.8 Å². The van der Waals surface area contributed by atoms with Gasteiger partial charge in [-0.3, -0.25) is 18.8 Å². The lowest BCUT2D eigenvalue weighted by atomic mass is 10.0. The van der Waals surface area contributed by atoms with E-state index in [0.717, 1.165) is 25.9 Å². The molecule has 0 amide bonds. The zero-order valence-electron chi connectivity index (χ0n) is 24.1. The third-order valence-corrected chi connectivity index (χ3v) is 10.7. The number of aryl methyl sites for hydroxylation is 1. The van der Waals surface area contributed by atoms with Gasteiger partial charge in [0.2, 0.25) is 10.0 Å². The molecule has 1 unspecified atom stereocenters. The van der Waals surface area contributed by atoms with Crippen LogP contribution in [0.25, 0.3) is 33.1 Å². The number of sulfonamides is 1. The first-order valence-electron chi connectivity index (χ1n) is 14.3. The topological polar surface area (TPSA) is 115 Å². The molecule has 0 bridgehead atoms. The summed E-state index contributed by atoms with van der Waals surface area (Å²) in [4.78, 5) is 26.6. The van der Waals surface area contributed by atoms with Gasteiger partial charge in [0, 0.05) is 44.0 Å². The summed E-state index contributed by atoms with van der Waals surface area (Å²) < 4.78 is 54.5. The van der Waals surface area contributed by atoms with Crippen molar-refractivity contribution >= 4 is 43.5 Å². The Morgan fingerprint density at radius 3 is 2.52 bits per heavy atom. The Labute approximate surface area is 243 Å². The molecule has 3 aromatic heterocycles. The number of rotatable bonds is 6. The normalized spacial score (nSPS) is 19.6. The summed E-state index contributed by atoms with van der Waals surface area (Å²) in [5.41, 5.74) is 2.29. The van der Waals surface area contributed by atoms with Gasteiger partial charge < -0.3 is 14.5 Å². The molecule has 13 heteroatoms. The lowest BCUT2D eigenvalue weighted by Gasteiger charge is -2.36. The Balaban J connectivity index is 1.41. The molecule has 222 valence electrons. The number of benzene rings is 1. The third kappa shape index (κ3) is 4.24. The molecular weight excluding hydrogens is 561 g/mol. The van der Waals surface area contributed by atoms with E-state index in [1.165, 1.54) is 10.6 Å². The van der Waals surface area contributed by atoms with Crippen LogP contribution in [0.15, 0.2) is 29.3 Å². The van der Waals surface area contributed by atoms with Crippen LogP contribution in [0.1, 0.15) is 38.6 Å². The fraction of sp³-hybridized carbons (Fsp3) is 0.483. The molecule has 2 aliphatic heterocycles. The number of ether oxygens (including phenoxy) is 1. The van der Waals surface area contributed by atoms with Crippen LogP contribution in [0.4, 0.5) is 15.9 Å². The number of hydrogen-bond donors (Lipinski definition) is 1. The maximum absolute atomic E-state index is 16.0. The van der Waals surface area contributed by atoms with E-state index in [-0.39, 0.29) is 29.7 Å². The number of anilines is 2. The summed E-state index contributed by atoms with van der Waals surface area (Å²) in [7, 11) is 2.20. The Bertz CT molecular complexity index is 1910. The zero-order valence-corrected chi connectivity index (χ0v) is 24.9. The summed E-state index contributed by atoms with van der Waals surface area (Å²) in [6.07, 6.45) is 6.22. The highest BCUT2D eigenvalue weighted by atomic mass is 32.2. The predicted molar refractivity (Wildman–Crippen MR) is 160 cm³/mol. The first-order valence-corrected chi connectivity index (χ1v) is 15.9. The maximum Gasteiger partial charge on any atom is 0.329 e. The number of nitrogens with zero attached hydrogens (tertiary/aromatic N) is 6. The van der Waals surface area contributed by atoms with E-state index in [0.29, 0.717) is 57.9 Å². The van der Waals surface area contributed by atoms with Gasteiger partial charge in [-0.15, -0.1) is 0 Å². The van der Waals surface area contributed by atoms with E-state index in [1.54, 1.807) is 30.1 Å². The molecule has 42 heavy (non-hydrogen) atoms. The van der Waals surface area contributed by atoms with Gasteiger partial charge in [-0.05, 0) is 52.8 Å². The van der Waals surface area contributed by atoms with E-state index >= 15 is 4.39 Å². The fourth-order valence-corrected chi connectivity index (χ4v) is 7.73. The van der Waals surface area contributed by atoms with Gasteiger partial charge in [0.1, 0.15) is 18.2 Å². The van der Waals surface area contributed by atoms with Gasteiger partial charge >= 0.3 is 5.69 Å². The SMILES string of the molecule is CC1COc2c(-c3cnc(N4CCC(N(C)C)CC4)c(NS(=O)(=O)C4CC4)c3)c(F)cc3ncc4c(c23)n1c(=O)n4C. The number of pyridine rings is 2. The fourth-order valence-electron chi connectivity index (χ4n) is 6.35. The molecule has 5 heterocycles. The Morgan fingerprint density at radius 2 is 1.83 bits per heavy atom. The number of aromatic nitrogens is 4. The molecule has 2 fully saturated rings. The van der Waals surface area contributed by atoms with E-state index in [4.69, 9.17) is 9.72 Å². The summed E-state index contributed by atoms with van der Waals surface area (Å²) in [6, 6.07) is 3.13. The van der Waals surface area contributed by atoms with Gasteiger partial charge in [0.25, 0.3) is 0 Å². The van der Waals surface area contributed by atoms with Gasteiger partial charge in [0.05, 0.1) is 50.7 Å². The van der Waals surface area contributed by atoms with Crippen molar-refractivity contribution in [2.24, 2.45) is 7.05 Å². The average Bonchev–Trinajstić information content (AvgIpc) is 3.79. The molecular formula is C29H34FN7O4S. The standard InChI is InChI=1S/C29H34FN7O4S/c1-16-15-41-27-24(20(30)12-21-25(27)26-23(14-31-21)35(4)29(38)37(16)26)17-11-22(33-42(39,40)19-5-6-19)28(32-13-17)36-9-7-18(8-10-36)34(2)3/h11-14,16,18-19,33H,5-10,15H2,1-4H3. The van der Waals surface area contributed by atoms with Crippen molar-refractivity contribution < 1.29 is 17.5 Å². The molecule has 11 nitrogen and oxygen atoms in total. The molecule has 4 aromatic rings. The summed E-state index contributed by atoms with van der Waals surface area (Å²) in [6.45, 7) is 3.47. The van der Waals surface area contributed by atoms with E-state index < -0.39 is 21.1 Å². The molecule has 0 spiro atoms. The quantitative estimate of drug-likeness (QED) is 0.361. The van der Waals surface area contributed by atoms with Crippen LogP contribution in [-0.2, 0) is 17.1 Å². The van der Waals surface area contributed by atoms with Gasteiger partial charge in [-0.2, -0.15) is 0 Å². The highest BCUT2D eigenvalue weighted by Crippen LogP contribution is 2.45. The maximum atomic E-state index is 16.0. The summed E-state index contributed by atoms with van der Waals surface area (Å²) >= 11 is 0. The second-order valence-electron chi connectivity index (χ2n) is 11.9. The van der Waals surface area contributed by atoms with Crippen LogP contribution in [-0.4, -0.2) is 77.5 Å². The molecule has 1 saturated heterocycles. The van der Waals surface area contributed by atoms with Crippen molar-refractivity contribution in [2.45, 2.75) is 49.9 Å². The number of halogens is 1. The van der Waals surface area contributed by atoms with Crippen molar-refractivity contribution in [3.63, 3.8) is 0 Å². The first-order chi connectivity index (χ1) is 20.0. The van der Waals surface area contributed by atoms with Crippen molar-refractivity contribution in [1.82, 2.24) is 24.0 Å².